The molecule has 0 bridgehead atoms. The topological polar surface area (TPSA) is 40.5 Å². The van der Waals surface area contributed by atoms with Crippen LogP contribution in [-0.4, -0.2) is 22.4 Å². The predicted molar refractivity (Wildman–Crippen MR) is 36.9 cm³/mol. The number of aliphatic hydroxyl groups is 2. The van der Waals surface area contributed by atoms with E-state index in [4.69, 9.17) is 10.2 Å². The van der Waals surface area contributed by atoms with Gasteiger partial charge in [0.25, 0.3) is 0 Å². The van der Waals surface area contributed by atoms with Crippen molar-refractivity contribution < 1.29 is 10.2 Å². The van der Waals surface area contributed by atoms with Crippen molar-refractivity contribution in [1.29, 1.82) is 0 Å². The van der Waals surface area contributed by atoms with Gasteiger partial charge in [0.15, 0.2) is 0 Å². The lowest BCUT2D eigenvalue weighted by molar-refractivity contribution is 0.151. The van der Waals surface area contributed by atoms with Gasteiger partial charge in [-0.05, 0) is 26.2 Å². The summed E-state index contributed by atoms with van der Waals surface area (Å²) in [6, 6.07) is 0. The van der Waals surface area contributed by atoms with Gasteiger partial charge in [0.1, 0.15) is 0 Å². The van der Waals surface area contributed by atoms with Crippen molar-refractivity contribution in [3.8, 4) is 0 Å². The van der Waals surface area contributed by atoms with Gasteiger partial charge < -0.3 is 10.2 Å². The molecular weight excluding hydrogens is 116 g/mol. The lowest BCUT2D eigenvalue weighted by atomic mass is 10.1. The molecule has 0 aromatic carbocycles. The molecule has 0 saturated heterocycles. The van der Waals surface area contributed by atoms with Gasteiger partial charge in [0.05, 0.1) is 12.2 Å². The van der Waals surface area contributed by atoms with Gasteiger partial charge in [-0.15, -0.1) is 0 Å². The van der Waals surface area contributed by atoms with E-state index in [1.807, 2.05) is 6.92 Å². The number of rotatable bonds is 4. The minimum absolute atomic E-state index is 0.278. The standard InChI is InChI=1S/C7H15O2/c1-3-7(9)5-4-6(2)8/h4,6-9H,3,5H2,1-2H3. The number of aliphatic hydroxyl groups excluding tert-OH is 2. The molecule has 2 heteroatoms. The van der Waals surface area contributed by atoms with E-state index in [0.717, 1.165) is 6.42 Å². The molecule has 9 heavy (non-hydrogen) atoms. The van der Waals surface area contributed by atoms with Gasteiger partial charge in [-0.25, -0.2) is 0 Å². The van der Waals surface area contributed by atoms with Crippen molar-refractivity contribution >= 4 is 0 Å². The molecule has 0 spiro atoms. The van der Waals surface area contributed by atoms with Crippen LogP contribution in [0.25, 0.3) is 0 Å². The maximum atomic E-state index is 8.96. The first-order chi connectivity index (χ1) is 4.16. The van der Waals surface area contributed by atoms with E-state index < -0.39 is 6.10 Å². The van der Waals surface area contributed by atoms with Crippen LogP contribution < -0.4 is 0 Å². The molecule has 0 saturated carbocycles. The molecule has 0 fully saturated rings. The highest BCUT2D eigenvalue weighted by Gasteiger charge is 2.02. The molecule has 2 nitrogen and oxygen atoms in total. The second-order valence-corrected chi connectivity index (χ2v) is 2.27. The number of hydrogen-bond donors (Lipinski definition) is 2. The van der Waals surface area contributed by atoms with Crippen molar-refractivity contribution in [3.05, 3.63) is 6.42 Å². The molecule has 0 amide bonds. The monoisotopic (exact) mass is 131 g/mol. The van der Waals surface area contributed by atoms with Crippen LogP contribution in [-0.2, 0) is 0 Å². The van der Waals surface area contributed by atoms with Crippen LogP contribution in [0.5, 0.6) is 0 Å². The summed E-state index contributed by atoms with van der Waals surface area (Å²) in [5.41, 5.74) is 0. The summed E-state index contributed by atoms with van der Waals surface area (Å²) in [7, 11) is 0. The van der Waals surface area contributed by atoms with E-state index in [1.165, 1.54) is 0 Å². The Hall–Kier alpha value is -0.0800. The molecule has 55 valence electrons. The SMILES string of the molecule is CCC(O)C[CH]C(C)O. The average Bonchev–Trinajstić information content (AvgIpc) is 1.83. The van der Waals surface area contributed by atoms with Crippen LogP contribution in [0.4, 0.5) is 0 Å². The zero-order valence-corrected chi connectivity index (χ0v) is 6.04. The molecule has 2 N–H and O–H groups in total. The third kappa shape index (κ3) is 5.80. The van der Waals surface area contributed by atoms with Gasteiger partial charge in [-0.3, -0.25) is 0 Å². The zero-order valence-electron chi connectivity index (χ0n) is 6.04. The Balaban J connectivity index is 3.06. The van der Waals surface area contributed by atoms with Crippen molar-refractivity contribution in [2.45, 2.75) is 38.9 Å². The third-order valence-electron chi connectivity index (χ3n) is 1.22. The summed E-state index contributed by atoms with van der Waals surface area (Å²) in [5.74, 6) is 0. The van der Waals surface area contributed by atoms with E-state index >= 15 is 0 Å². The minimum atomic E-state index is -0.397. The van der Waals surface area contributed by atoms with Crippen LogP contribution in [0.15, 0.2) is 0 Å². The average molecular weight is 131 g/mol. The quantitative estimate of drug-likeness (QED) is 0.590. The lowest BCUT2D eigenvalue weighted by Gasteiger charge is -2.07. The Morgan fingerprint density at radius 2 is 2.00 bits per heavy atom. The Morgan fingerprint density at radius 1 is 1.44 bits per heavy atom. The van der Waals surface area contributed by atoms with Crippen LogP contribution in [0.3, 0.4) is 0 Å². The van der Waals surface area contributed by atoms with Crippen LogP contribution in [0.2, 0.25) is 0 Å². The highest BCUT2D eigenvalue weighted by molar-refractivity contribution is 4.74. The molecule has 2 atom stereocenters. The van der Waals surface area contributed by atoms with E-state index in [9.17, 15) is 0 Å². The first-order valence-corrected chi connectivity index (χ1v) is 3.36. The molecule has 0 aromatic rings. The van der Waals surface area contributed by atoms with Crippen molar-refractivity contribution in [3.63, 3.8) is 0 Å². The Bertz CT molecular complexity index is 61.9. The fourth-order valence-electron chi connectivity index (χ4n) is 0.521. The highest BCUT2D eigenvalue weighted by Crippen LogP contribution is 2.01. The highest BCUT2D eigenvalue weighted by atomic mass is 16.3. The van der Waals surface area contributed by atoms with E-state index in [-0.39, 0.29) is 6.10 Å². The maximum Gasteiger partial charge on any atom is 0.0544 e. The molecule has 2 unspecified atom stereocenters. The molecule has 0 aromatic heterocycles. The molecule has 0 aliphatic heterocycles. The molecule has 1 radical (unpaired) electrons. The second kappa shape index (κ2) is 4.77. The summed E-state index contributed by atoms with van der Waals surface area (Å²) in [6.45, 7) is 3.60. The molecule has 0 heterocycles. The largest absolute Gasteiger partial charge is 0.393 e. The normalized spacial score (nSPS) is 17.3. The van der Waals surface area contributed by atoms with Gasteiger partial charge in [-0.1, -0.05) is 6.92 Å². The van der Waals surface area contributed by atoms with Gasteiger partial charge in [-0.2, -0.15) is 0 Å². The molecule has 0 rings (SSSR count). The molecule has 0 aliphatic carbocycles. The fourth-order valence-corrected chi connectivity index (χ4v) is 0.521. The van der Waals surface area contributed by atoms with Crippen LogP contribution in [0.1, 0.15) is 26.7 Å². The minimum Gasteiger partial charge on any atom is -0.393 e. The van der Waals surface area contributed by atoms with Gasteiger partial charge in [0.2, 0.25) is 0 Å². The summed E-state index contributed by atoms with van der Waals surface area (Å²) in [5, 5.41) is 17.7. The van der Waals surface area contributed by atoms with Gasteiger partial charge in [0, 0.05) is 0 Å². The molecular formula is C7H15O2. The summed E-state index contributed by atoms with van der Waals surface area (Å²) in [6.07, 6.45) is 2.37. The summed E-state index contributed by atoms with van der Waals surface area (Å²) in [4.78, 5) is 0. The third-order valence-corrected chi connectivity index (χ3v) is 1.22. The van der Waals surface area contributed by atoms with Gasteiger partial charge >= 0.3 is 0 Å². The predicted octanol–water partition coefficient (Wildman–Crippen LogP) is 0.732. The van der Waals surface area contributed by atoms with Crippen LogP contribution >= 0.6 is 0 Å². The summed E-state index contributed by atoms with van der Waals surface area (Å²) >= 11 is 0. The van der Waals surface area contributed by atoms with E-state index in [1.54, 1.807) is 13.3 Å². The van der Waals surface area contributed by atoms with Crippen molar-refractivity contribution in [2.75, 3.05) is 0 Å². The first-order valence-electron chi connectivity index (χ1n) is 3.36. The lowest BCUT2D eigenvalue weighted by Crippen LogP contribution is -2.09. The molecule has 0 aliphatic rings. The Kier molecular flexibility index (Phi) is 4.72. The Morgan fingerprint density at radius 3 is 2.33 bits per heavy atom. The van der Waals surface area contributed by atoms with E-state index in [0.29, 0.717) is 6.42 Å². The van der Waals surface area contributed by atoms with Crippen molar-refractivity contribution in [1.82, 2.24) is 0 Å². The second-order valence-electron chi connectivity index (χ2n) is 2.27. The van der Waals surface area contributed by atoms with E-state index in [2.05, 4.69) is 0 Å². The smallest absolute Gasteiger partial charge is 0.0544 e. The Labute approximate surface area is 56.5 Å². The van der Waals surface area contributed by atoms with Crippen LogP contribution in [0, 0.1) is 6.42 Å². The zero-order chi connectivity index (χ0) is 7.28. The fraction of sp³-hybridized carbons (Fsp3) is 0.857. The van der Waals surface area contributed by atoms with Crippen molar-refractivity contribution in [2.24, 2.45) is 0 Å². The summed E-state index contributed by atoms with van der Waals surface area (Å²) < 4.78 is 0. The maximum absolute atomic E-state index is 8.96. The number of hydrogen-bond acceptors (Lipinski definition) is 2. The first kappa shape index (κ1) is 8.92.